The van der Waals surface area contributed by atoms with Crippen molar-refractivity contribution in [1.29, 1.82) is 0 Å². The molecule has 18 heavy (non-hydrogen) atoms. The van der Waals surface area contributed by atoms with Crippen LogP contribution in [0.1, 0.15) is 37.7 Å². The molecule has 4 nitrogen and oxygen atoms in total. The van der Waals surface area contributed by atoms with Gasteiger partial charge in [0.1, 0.15) is 10.6 Å². The molecular weight excluding hydrogens is 250 g/mol. The Morgan fingerprint density at radius 1 is 1.22 bits per heavy atom. The Kier molecular flexibility index (Phi) is 3.92. The van der Waals surface area contributed by atoms with E-state index >= 15 is 0 Å². The molecule has 0 aliphatic heterocycles. The third-order valence-electron chi connectivity index (χ3n) is 3.25. The summed E-state index contributed by atoms with van der Waals surface area (Å²) >= 11 is 0. The molecule has 2 rings (SSSR count). The lowest BCUT2D eigenvalue weighted by Gasteiger charge is -2.24. The van der Waals surface area contributed by atoms with Crippen LogP contribution in [-0.2, 0) is 10.0 Å². The minimum absolute atomic E-state index is 0.0908. The van der Waals surface area contributed by atoms with Gasteiger partial charge < -0.3 is 4.74 Å². The van der Waals surface area contributed by atoms with Crippen molar-refractivity contribution in [1.82, 2.24) is 0 Å². The second-order valence-electron chi connectivity index (χ2n) is 4.87. The van der Waals surface area contributed by atoms with Crippen LogP contribution in [0.5, 0.6) is 5.75 Å². The molecule has 1 aliphatic carbocycles. The van der Waals surface area contributed by atoms with Crippen molar-refractivity contribution < 1.29 is 13.2 Å². The average Bonchev–Trinajstić information content (AvgIpc) is 2.31. The molecule has 0 spiro atoms. The summed E-state index contributed by atoms with van der Waals surface area (Å²) in [6.07, 6.45) is 5.59. The molecule has 1 aliphatic rings. The molecule has 0 radical (unpaired) electrons. The fraction of sp³-hybridized carbons (Fsp3) is 0.538. The Morgan fingerprint density at radius 2 is 1.89 bits per heavy atom. The van der Waals surface area contributed by atoms with Crippen molar-refractivity contribution >= 4 is 10.0 Å². The Hall–Kier alpha value is -1.07. The molecular formula is C13H19NO3S. The minimum atomic E-state index is -3.73. The number of aryl methyl sites for hydroxylation is 1. The lowest BCUT2D eigenvalue weighted by Crippen LogP contribution is -2.22. The van der Waals surface area contributed by atoms with Crippen LogP contribution in [0.2, 0.25) is 0 Å². The van der Waals surface area contributed by atoms with Crippen LogP contribution in [0.4, 0.5) is 0 Å². The van der Waals surface area contributed by atoms with Crippen molar-refractivity contribution in [3.8, 4) is 5.75 Å². The van der Waals surface area contributed by atoms with E-state index in [9.17, 15) is 8.42 Å². The minimum Gasteiger partial charge on any atom is -0.489 e. The van der Waals surface area contributed by atoms with Crippen molar-refractivity contribution in [2.45, 2.75) is 50.0 Å². The maximum atomic E-state index is 11.5. The first-order valence-electron chi connectivity index (χ1n) is 6.27. The van der Waals surface area contributed by atoms with Crippen LogP contribution >= 0.6 is 0 Å². The van der Waals surface area contributed by atoms with E-state index in [0.717, 1.165) is 31.2 Å². The third-order valence-corrected chi connectivity index (χ3v) is 4.18. The molecule has 2 N–H and O–H groups in total. The van der Waals surface area contributed by atoms with Crippen molar-refractivity contribution in [3.05, 3.63) is 23.8 Å². The van der Waals surface area contributed by atoms with E-state index in [0.29, 0.717) is 5.75 Å². The highest BCUT2D eigenvalue weighted by atomic mass is 32.2. The summed E-state index contributed by atoms with van der Waals surface area (Å²) in [7, 11) is -3.73. The normalized spacial score (nSPS) is 17.7. The molecule has 0 heterocycles. The Labute approximate surface area is 108 Å². The molecule has 0 saturated heterocycles. The number of primary sulfonamides is 1. The van der Waals surface area contributed by atoms with Gasteiger partial charge in [-0.2, -0.15) is 0 Å². The van der Waals surface area contributed by atoms with Gasteiger partial charge in [0.2, 0.25) is 10.0 Å². The monoisotopic (exact) mass is 269 g/mol. The van der Waals surface area contributed by atoms with Crippen LogP contribution in [0.3, 0.4) is 0 Å². The third kappa shape index (κ3) is 3.23. The Bertz CT molecular complexity index is 519. The van der Waals surface area contributed by atoms with Gasteiger partial charge in [0, 0.05) is 0 Å². The topological polar surface area (TPSA) is 69.4 Å². The van der Waals surface area contributed by atoms with Gasteiger partial charge in [0.25, 0.3) is 0 Å². The van der Waals surface area contributed by atoms with Crippen LogP contribution in [0, 0.1) is 6.92 Å². The maximum absolute atomic E-state index is 11.5. The van der Waals surface area contributed by atoms with Crippen LogP contribution in [0.25, 0.3) is 0 Å². The van der Waals surface area contributed by atoms with Gasteiger partial charge in [-0.25, -0.2) is 13.6 Å². The van der Waals surface area contributed by atoms with E-state index in [2.05, 4.69) is 0 Å². The van der Waals surface area contributed by atoms with Gasteiger partial charge in [-0.1, -0.05) is 12.5 Å². The highest BCUT2D eigenvalue weighted by Crippen LogP contribution is 2.28. The van der Waals surface area contributed by atoms with E-state index in [1.54, 1.807) is 12.1 Å². The molecule has 5 heteroatoms. The highest BCUT2D eigenvalue weighted by Gasteiger charge is 2.20. The summed E-state index contributed by atoms with van der Waals surface area (Å²) in [4.78, 5) is 0.0908. The molecule has 0 unspecified atom stereocenters. The van der Waals surface area contributed by atoms with E-state index in [1.165, 1.54) is 6.42 Å². The molecule has 0 aromatic heterocycles. The lowest BCUT2D eigenvalue weighted by atomic mass is 9.98. The second kappa shape index (κ2) is 5.28. The number of benzene rings is 1. The maximum Gasteiger partial charge on any atom is 0.241 e. The first kappa shape index (κ1) is 13.4. The van der Waals surface area contributed by atoms with Crippen molar-refractivity contribution in [3.63, 3.8) is 0 Å². The van der Waals surface area contributed by atoms with Crippen LogP contribution in [0.15, 0.2) is 23.1 Å². The van der Waals surface area contributed by atoms with E-state index in [1.807, 2.05) is 13.0 Å². The van der Waals surface area contributed by atoms with Crippen molar-refractivity contribution in [2.24, 2.45) is 5.14 Å². The second-order valence-corrected chi connectivity index (χ2v) is 6.40. The molecule has 0 amide bonds. The number of hydrogen-bond donors (Lipinski definition) is 1. The summed E-state index contributed by atoms with van der Waals surface area (Å²) in [5.41, 5.74) is 0.856. The molecule has 1 fully saturated rings. The standard InChI is InChI=1S/C13H19NO3S/c1-10-7-8-12(13(9-10)18(14,15)16)17-11-5-3-2-4-6-11/h7-9,11H,2-6H2,1H3,(H2,14,15,16). The first-order valence-corrected chi connectivity index (χ1v) is 7.81. The zero-order valence-electron chi connectivity index (χ0n) is 10.6. The Balaban J connectivity index is 2.26. The number of ether oxygens (including phenoxy) is 1. The Morgan fingerprint density at radius 3 is 2.50 bits per heavy atom. The SMILES string of the molecule is Cc1ccc(OC2CCCCC2)c(S(N)(=O)=O)c1. The van der Waals surface area contributed by atoms with Gasteiger partial charge >= 0.3 is 0 Å². The van der Waals surface area contributed by atoms with E-state index < -0.39 is 10.0 Å². The molecule has 0 bridgehead atoms. The molecule has 1 aromatic rings. The predicted octanol–water partition coefficient (Wildman–Crippen LogP) is 2.35. The zero-order chi connectivity index (χ0) is 13.2. The largest absolute Gasteiger partial charge is 0.489 e. The smallest absolute Gasteiger partial charge is 0.241 e. The molecule has 100 valence electrons. The molecule has 1 saturated carbocycles. The number of hydrogen-bond acceptors (Lipinski definition) is 3. The highest BCUT2D eigenvalue weighted by molar-refractivity contribution is 7.89. The summed E-state index contributed by atoms with van der Waals surface area (Å²) in [6.45, 7) is 1.83. The van der Waals surface area contributed by atoms with Gasteiger partial charge in [-0.3, -0.25) is 0 Å². The molecule has 1 aromatic carbocycles. The predicted molar refractivity (Wildman–Crippen MR) is 70.1 cm³/mol. The number of sulfonamides is 1. The van der Waals surface area contributed by atoms with Crippen LogP contribution < -0.4 is 9.88 Å². The lowest BCUT2D eigenvalue weighted by molar-refractivity contribution is 0.151. The van der Waals surface area contributed by atoms with Gasteiger partial charge in [0.05, 0.1) is 6.10 Å². The van der Waals surface area contributed by atoms with Crippen molar-refractivity contribution in [2.75, 3.05) is 0 Å². The summed E-state index contributed by atoms with van der Waals surface area (Å²) < 4.78 is 28.9. The zero-order valence-corrected chi connectivity index (χ0v) is 11.4. The fourth-order valence-electron chi connectivity index (χ4n) is 2.30. The van der Waals surface area contributed by atoms with E-state index in [-0.39, 0.29) is 11.0 Å². The molecule has 0 atom stereocenters. The van der Waals surface area contributed by atoms with Gasteiger partial charge in [-0.05, 0) is 50.3 Å². The van der Waals surface area contributed by atoms with Crippen LogP contribution in [-0.4, -0.2) is 14.5 Å². The number of nitrogens with two attached hydrogens (primary N) is 1. The first-order chi connectivity index (χ1) is 8.47. The average molecular weight is 269 g/mol. The summed E-state index contributed by atoms with van der Waals surface area (Å²) in [5.74, 6) is 0.384. The van der Waals surface area contributed by atoms with E-state index in [4.69, 9.17) is 9.88 Å². The number of rotatable bonds is 3. The fourth-order valence-corrected chi connectivity index (χ4v) is 3.04. The summed E-state index contributed by atoms with van der Waals surface area (Å²) in [6, 6.07) is 5.10. The summed E-state index contributed by atoms with van der Waals surface area (Å²) in [5, 5.41) is 5.22. The van der Waals surface area contributed by atoms with Gasteiger partial charge in [-0.15, -0.1) is 0 Å². The quantitative estimate of drug-likeness (QED) is 0.915. The van der Waals surface area contributed by atoms with Gasteiger partial charge in [0.15, 0.2) is 0 Å².